The Morgan fingerprint density at radius 3 is 3.07 bits per heavy atom. The minimum Gasteiger partial charge on any atom is -0.462 e. The first-order valence-corrected chi connectivity index (χ1v) is 10.2. The van der Waals surface area contributed by atoms with Crippen molar-refractivity contribution in [1.29, 1.82) is 1.43 Å². The lowest BCUT2D eigenvalue weighted by molar-refractivity contribution is -0.166. The Morgan fingerprint density at radius 1 is 1.53 bits per heavy atom. The molecule has 1 fully saturated rings. The monoisotopic (exact) mass is 431 g/mol. The van der Waals surface area contributed by atoms with Crippen LogP contribution in [0.4, 0.5) is 0 Å². The van der Waals surface area contributed by atoms with E-state index >= 15 is 0 Å². The summed E-state index contributed by atoms with van der Waals surface area (Å²) < 4.78 is 119. The fourth-order valence-corrected chi connectivity index (χ4v) is 4.03. The SMILES string of the molecule is [2H]O[C@H]1CC(=O)OC(CC[C@@H]2[C@@H]3C(=C([2H])[C@]([2H])(C)C([2H])([2H])C3OC(=O)C(C)(C)C([2H])([2H])C([2H])([2H])[2H])C([2H])=C([2H])[C@]2([2H])C)C1. The molecule has 0 radical (unpaired) electrons. The number of carbonyl (C=O) groups is 2. The molecule has 1 N–H and O–H groups in total. The zero-order valence-electron chi connectivity index (χ0n) is 30.8. The highest BCUT2D eigenvalue weighted by atomic mass is 16.6. The van der Waals surface area contributed by atoms with E-state index in [0.29, 0.717) is 0 Å². The number of allylic oxidation sites excluding steroid dienone is 3. The first-order valence-electron chi connectivity index (χ1n) is 16.6. The Morgan fingerprint density at radius 2 is 2.33 bits per heavy atom. The number of cyclic esters (lactones) is 1. The van der Waals surface area contributed by atoms with Crippen LogP contribution in [0.25, 0.3) is 0 Å². The highest BCUT2D eigenvalue weighted by Gasteiger charge is 2.43. The van der Waals surface area contributed by atoms with Crippen LogP contribution in [0.3, 0.4) is 0 Å². The van der Waals surface area contributed by atoms with Crippen molar-refractivity contribution in [1.82, 2.24) is 0 Å². The summed E-state index contributed by atoms with van der Waals surface area (Å²) in [7, 11) is 0. The summed E-state index contributed by atoms with van der Waals surface area (Å²) in [5.41, 5.74) is -2.62. The summed E-state index contributed by atoms with van der Waals surface area (Å²) >= 11 is 0. The lowest BCUT2D eigenvalue weighted by Gasteiger charge is -2.44. The minimum atomic E-state index is -3.27. The van der Waals surface area contributed by atoms with E-state index in [-0.39, 0.29) is 31.3 Å². The molecule has 168 valence electrons. The number of hydrogen-bond donors (Lipinski definition) is 1. The van der Waals surface area contributed by atoms with E-state index in [1.165, 1.54) is 6.92 Å². The Bertz CT molecular complexity index is 1200. The van der Waals surface area contributed by atoms with Gasteiger partial charge in [0.15, 0.2) is 0 Å². The molecular formula is C25H38O5. The van der Waals surface area contributed by atoms with E-state index in [4.69, 9.17) is 27.4 Å². The highest BCUT2D eigenvalue weighted by molar-refractivity contribution is 5.76. The second-order valence-corrected chi connectivity index (χ2v) is 8.70. The van der Waals surface area contributed by atoms with Crippen LogP contribution in [0.5, 0.6) is 0 Å². The third kappa shape index (κ3) is 5.16. The van der Waals surface area contributed by atoms with Gasteiger partial charge in [-0.05, 0) is 62.7 Å². The first kappa shape index (κ1) is 11.3. The first-order chi connectivity index (χ1) is 19.3. The lowest BCUT2D eigenvalue weighted by Crippen LogP contribution is -2.43. The van der Waals surface area contributed by atoms with Gasteiger partial charge < -0.3 is 14.6 Å². The van der Waals surface area contributed by atoms with E-state index in [1.54, 1.807) is 0 Å². The van der Waals surface area contributed by atoms with Crippen LogP contribution in [0.15, 0.2) is 23.7 Å². The van der Waals surface area contributed by atoms with Crippen LogP contribution < -0.4 is 0 Å². The van der Waals surface area contributed by atoms with Gasteiger partial charge in [-0.3, -0.25) is 9.59 Å². The van der Waals surface area contributed by atoms with Crippen molar-refractivity contribution in [2.24, 2.45) is 29.0 Å². The Hall–Kier alpha value is -1.62. The number of fused-ring (bicyclic) bond motifs is 1. The predicted molar refractivity (Wildman–Crippen MR) is 115 cm³/mol. The van der Waals surface area contributed by atoms with E-state index in [2.05, 4.69) is 5.11 Å². The van der Waals surface area contributed by atoms with Crippen LogP contribution in [0, 0.1) is 29.0 Å². The zero-order chi connectivity index (χ0) is 33.3. The van der Waals surface area contributed by atoms with Gasteiger partial charge in [0.05, 0.1) is 22.1 Å². The number of aliphatic hydroxyl groups is 1. The van der Waals surface area contributed by atoms with Gasteiger partial charge in [-0.2, -0.15) is 0 Å². The van der Waals surface area contributed by atoms with Crippen molar-refractivity contribution >= 4 is 11.9 Å². The maximum atomic E-state index is 13.6. The normalized spacial score (nSPS) is 51.3. The highest BCUT2D eigenvalue weighted by Crippen LogP contribution is 2.45. The summed E-state index contributed by atoms with van der Waals surface area (Å²) in [5, 5.41) is 4.57. The number of rotatable bonds is 7. The van der Waals surface area contributed by atoms with Crippen LogP contribution in [-0.4, -0.2) is 36.8 Å². The van der Waals surface area contributed by atoms with Crippen LogP contribution in [-0.2, 0) is 19.1 Å². The summed E-state index contributed by atoms with van der Waals surface area (Å²) in [4.78, 5) is 25.6. The average Bonchev–Trinajstić information content (AvgIpc) is 2.87. The van der Waals surface area contributed by atoms with Crippen LogP contribution in [0.1, 0.15) is 89.4 Å². The second-order valence-electron chi connectivity index (χ2n) is 8.70. The molecule has 1 aliphatic heterocycles. The molecule has 1 heterocycles. The van der Waals surface area contributed by atoms with Crippen molar-refractivity contribution in [3.05, 3.63) is 23.7 Å². The number of aliphatic hydroxyl groups excluding tert-OH is 1. The number of carbonyl (C=O) groups excluding carboxylic acids is 2. The maximum Gasteiger partial charge on any atom is 0.311 e. The molecule has 5 heteroatoms. The van der Waals surface area contributed by atoms with Gasteiger partial charge in [-0.25, -0.2) is 0 Å². The van der Waals surface area contributed by atoms with Gasteiger partial charge in [-0.15, -0.1) is 0 Å². The van der Waals surface area contributed by atoms with Gasteiger partial charge in [0, 0.05) is 24.7 Å². The van der Waals surface area contributed by atoms with Gasteiger partial charge in [0.25, 0.3) is 0 Å². The minimum absolute atomic E-state index is 0.0529. The smallest absolute Gasteiger partial charge is 0.311 e. The Balaban J connectivity index is 2.16. The second kappa shape index (κ2) is 9.25. The molecule has 0 amide bonds. The molecule has 30 heavy (non-hydrogen) atoms. The summed E-state index contributed by atoms with van der Waals surface area (Å²) in [6.07, 6.45) is -9.45. The molecule has 1 saturated heterocycles. The molecule has 3 aliphatic rings. The van der Waals surface area contributed by atoms with Crippen LogP contribution in [0.2, 0.25) is 0 Å². The lowest BCUT2D eigenvalue weighted by atomic mass is 9.65. The molecule has 0 aromatic heterocycles. The van der Waals surface area contributed by atoms with Crippen molar-refractivity contribution < 1.29 is 40.6 Å². The van der Waals surface area contributed by atoms with E-state index in [0.717, 1.165) is 20.8 Å². The van der Waals surface area contributed by atoms with E-state index in [9.17, 15) is 9.59 Å². The molecule has 0 aromatic rings. The molecule has 2 unspecified atom stereocenters. The van der Waals surface area contributed by atoms with Crippen molar-refractivity contribution in [2.75, 3.05) is 0 Å². The molecule has 2 aliphatic carbocycles. The molecule has 0 spiro atoms. The van der Waals surface area contributed by atoms with Crippen LogP contribution >= 0.6 is 0 Å². The standard InChI is InChI=1S/C25H38O5/c1-6-25(4,5)24(28)30-21-12-15(2)11-17-8-7-16(3)20(23(17)21)10-9-19-13-18(26)14-22(27)29-19/h7-8,11,15-16,18-21,23,26H,6,9-10,12-14H2,1-5H3/t15-,16-,18+,19?,20-,21?,23-/m0/s1/i1D3,6D2,7D,8D,11D,12D2,15D,16D,26D. The summed E-state index contributed by atoms with van der Waals surface area (Å²) in [6, 6.07) is -1.75. The van der Waals surface area contributed by atoms with E-state index in [1.807, 2.05) is 0 Å². The van der Waals surface area contributed by atoms with Crippen molar-refractivity contribution in [3.8, 4) is 0 Å². The molecule has 5 nitrogen and oxygen atoms in total. The topological polar surface area (TPSA) is 72.8 Å². The average molecular weight is 432 g/mol. The molecule has 0 saturated carbocycles. The summed E-state index contributed by atoms with van der Waals surface area (Å²) in [6.45, 7) is 1.10. The quantitative estimate of drug-likeness (QED) is 0.597. The van der Waals surface area contributed by atoms with Gasteiger partial charge in [0.2, 0.25) is 1.43 Å². The molecule has 3 rings (SSSR count). The maximum absolute atomic E-state index is 13.6. The van der Waals surface area contributed by atoms with Crippen molar-refractivity contribution in [2.45, 2.75) is 91.3 Å². The fourth-order valence-electron chi connectivity index (χ4n) is 4.03. The Kier molecular flexibility index (Phi) is 3.49. The number of ether oxygens (including phenoxy) is 2. The van der Waals surface area contributed by atoms with Gasteiger partial charge >= 0.3 is 11.9 Å². The largest absolute Gasteiger partial charge is 0.462 e. The third-order valence-corrected chi connectivity index (χ3v) is 5.80. The fraction of sp³-hybridized carbons (Fsp3) is 0.760. The number of hydrogen-bond acceptors (Lipinski definition) is 5. The third-order valence-electron chi connectivity index (χ3n) is 5.80. The predicted octanol–water partition coefficient (Wildman–Crippen LogP) is 4.59. The summed E-state index contributed by atoms with van der Waals surface area (Å²) in [5.74, 6) is -8.94. The number of esters is 2. The molecule has 7 atom stereocenters. The zero-order valence-corrected chi connectivity index (χ0v) is 17.8. The molecular weight excluding hydrogens is 380 g/mol. The Labute approximate surface area is 199 Å². The van der Waals surface area contributed by atoms with E-state index < -0.39 is 97.0 Å². The van der Waals surface area contributed by atoms with Gasteiger partial charge in [0.1, 0.15) is 12.2 Å². The van der Waals surface area contributed by atoms with Crippen molar-refractivity contribution in [3.63, 3.8) is 0 Å². The molecule has 0 aromatic carbocycles. The van der Waals surface area contributed by atoms with Gasteiger partial charge in [-0.1, -0.05) is 38.9 Å². The molecule has 0 bridgehead atoms.